The molecule has 0 radical (unpaired) electrons. The summed E-state index contributed by atoms with van der Waals surface area (Å²) >= 11 is 0. The van der Waals surface area contributed by atoms with Crippen molar-refractivity contribution in [3.05, 3.63) is 48.5 Å². The van der Waals surface area contributed by atoms with E-state index in [2.05, 4.69) is 9.97 Å². The van der Waals surface area contributed by atoms with Crippen LogP contribution in [0.25, 0.3) is 11.0 Å². The highest BCUT2D eigenvalue weighted by molar-refractivity contribution is 7.36. The van der Waals surface area contributed by atoms with Gasteiger partial charge in [0.25, 0.3) is 5.69 Å². The lowest BCUT2D eigenvalue weighted by Crippen LogP contribution is -2.29. The number of benzene rings is 1. The molecule has 9 nitrogen and oxygen atoms in total. The van der Waals surface area contributed by atoms with Crippen LogP contribution in [0, 0.1) is 17.0 Å². The highest BCUT2D eigenvalue weighted by atomic mass is 31.1. The molecule has 1 heterocycles. The van der Waals surface area contributed by atoms with Crippen LogP contribution in [0.2, 0.25) is 0 Å². The normalized spacial score (nSPS) is 10.7. The van der Waals surface area contributed by atoms with Gasteiger partial charge in [0.2, 0.25) is 0 Å². The van der Waals surface area contributed by atoms with E-state index in [-0.39, 0.29) is 11.2 Å². The molecule has 106 valence electrons. The fourth-order valence-electron chi connectivity index (χ4n) is 1.49. The molecule has 0 aliphatic rings. The van der Waals surface area contributed by atoms with E-state index in [9.17, 15) is 19.7 Å². The zero-order valence-electron chi connectivity index (χ0n) is 10.5. The predicted octanol–water partition coefficient (Wildman–Crippen LogP) is 0.784. The van der Waals surface area contributed by atoms with Crippen LogP contribution in [0.3, 0.4) is 0 Å². The van der Waals surface area contributed by atoms with Crippen LogP contribution in [-0.2, 0) is 4.57 Å². The monoisotopic (exact) mass is 300 g/mol. The number of nitro benzene ring substituents is 1. The number of nitrogens with zero attached hydrogens (tertiary/aromatic N) is 1. The highest BCUT2D eigenvalue weighted by Crippen LogP contribution is 2.20. The van der Waals surface area contributed by atoms with Crippen LogP contribution in [0.4, 0.5) is 5.69 Å². The molecule has 1 aromatic carbocycles. The van der Waals surface area contributed by atoms with Crippen molar-refractivity contribution < 1.29 is 14.4 Å². The van der Waals surface area contributed by atoms with E-state index < -0.39 is 24.1 Å². The number of nitro groups is 1. The molecule has 0 fully saturated rings. The summed E-state index contributed by atoms with van der Waals surface area (Å²) in [6.07, 6.45) is 0. The van der Waals surface area contributed by atoms with Gasteiger partial charge >= 0.3 is 19.1 Å². The molecule has 1 atom stereocenters. The van der Waals surface area contributed by atoms with Gasteiger partial charge in [0.15, 0.2) is 6.66 Å². The van der Waals surface area contributed by atoms with E-state index in [1.807, 2.05) is 0 Å². The Hall–Kier alpha value is -2.38. The molecule has 2 aromatic rings. The van der Waals surface area contributed by atoms with Crippen LogP contribution in [0.15, 0.2) is 21.7 Å². The molecule has 20 heavy (non-hydrogen) atoms. The lowest BCUT2D eigenvalue weighted by molar-refractivity contribution is -0.384. The van der Waals surface area contributed by atoms with Gasteiger partial charge in [-0.2, -0.15) is 4.89 Å². The van der Waals surface area contributed by atoms with Crippen molar-refractivity contribution in [1.29, 1.82) is 0 Å². The largest absolute Gasteiger partial charge is 0.502 e. The van der Waals surface area contributed by atoms with Crippen molar-refractivity contribution in [3.63, 3.8) is 0 Å². The van der Waals surface area contributed by atoms with Gasteiger partial charge in [-0.3, -0.25) is 19.7 Å². The molecule has 0 saturated carbocycles. The Morgan fingerprint density at radius 1 is 1.25 bits per heavy atom. The lowest BCUT2D eigenvalue weighted by atomic mass is 10.2. The third-order valence-electron chi connectivity index (χ3n) is 2.22. The molecule has 10 heteroatoms. The highest BCUT2D eigenvalue weighted by Gasteiger charge is 2.10. The lowest BCUT2D eigenvalue weighted by Gasteiger charge is -2.01. The first kappa shape index (κ1) is 15.7. The van der Waals surface area contributed by atoms with Crippen molar-refractivity contribution in [2.45, 2.75) is 6.92 Å². The summed E-state index contributed by atoms with van der Waals surface area (Å²) in [6, 6.07) is 2.54. The van der Waals surface area contributed by atoms with Crippen molar-refractivity contribution in [1.82, 2.24) is 9.97 Å². The minimum absolute atomic E-state index is 0.132. The maximum absolute atomic E-state index is 11.1. The maximum Gasteiger partial charge on any atom is 0.502 e. The quantitative estimate of drug-likeness (QED) is 0.307. The van der Waals surface area contributed by atoms with Crippen LogP contribution >= 0.6 is 8.03 Å². The number of nitrogens with one attached hydrogen (secondary N) is 2. The molecule has 0 amide bonds. The number of non-ortho nitro benzene ring substituents is 1. The van der Waals surface area contributed by atoms with Crippen LogP contribution in [-0.4, -0.2) is 26.4 Å². The van der Waals surface area contributed by atoms with Crippen molar-refractivity contribution in [2.75, 3.05) is 6.66 Å². The third-order valence-corrected chi connectivity index (χ3v) is 2.22. The molecule has 0 bridgehead atoms. The predicted molar refractivity (Wildman–Crippen MR) is 72.3 cm³/mol. The van der Waals surface area contributed by atoms with Crippen molar-refractivity contribution in [2.24, 2.45) is 0 Å². The average Bonchev–Trinajstić information content (AvgIpc) is 2.30. The molecule has 0 saturated heterocycles. The standard InChI is InChI=1S/C9H7N3O4.CH3O2P/c1-4-2-5(12(15)16)3-6-7(4)11-9(14)8(13)10-6;1-4(2)3/h2-3H,1H3,(H,10,13)(H,11,14);1H3/p+1. The summed E-state index contributed by atoms with van der Waals surface area (Å²) in [5.41, 5.74) is -0.561. The number of hydrogen-bond acceptors (Lipinski definition) is 5. The second kappa shape index (κ2) is 6.18. The second-order valence-corrected chi connectivity index (χ2v) is 4.74. The number of rotatable bonds is 1. The summed E-state index contributed by atoms with van der Waals surface area (Å²) < 4.78 is 9.15. The van der Waals surface area contributed by atoms with Crippen LogP contribution in [0.5, 0.6) is 0 Å². The molecule has 0 spiro atoms. The van der Waals surface area contributed by atoms with Gasteiger partial charge in [0.1, 0.15) is 0 Å². The number of aromatic amines is 2. The topological polar surface area (TPSA) is 146 Å². The molecule has 2 rings (SSSR count). The smallest absolute Gasteiger partial charge is 0.316 e. The first-order valence-corrected chi connectivity index (χ1v) is 6.89. The fraction of sp³-hybridized carbons (Fsp3) is 0.200. The minimum atomic E-state index is -1.87. The zero-order chi connectivity index (χ0) is 15.4. The Kier molecular flexibility index (Phi) is 4.84. The van der Waals surface area contributed by atoms with Gasteiger partial charge in [-0.05, 0) is 17.1 Å². The van der Waals surface area contributed by atoms with Gasteiger partial charge in [-0.15, -0.1) is 0 Å². The van der Waals surface area contributed by atoms with E-state index in [1.54, 1.807) is 6.92 Å². The number of aromatic nitrogens is 2. The van der Waals surface area contributed by atoms with E-state index in [4.69, 9.17) is 9.46 Å². The Labute approximate surface area is 112 Å². The Morgan fingerprint density at radius 2 is 1.75 bits per heavy atom. The van der Waals surface area contributed by atoms with Gasteiger partial charge in [-0.1, -0.05) is 0 Å². The van der Waals surface area contributed by atoms with Gasteiger partial charge in [0, 0.05) is 12.1 Å². The van der Waals surface area contributed by atoms with Crippen LogP contribution < -0.4 is 11.1 Å². The Balaban J connectivity index is 0.000000444. The molecule has 3 N–H and O–H groups in total. The van der Waals surface area contributed by atoms with E-state index in [1.165, 1.54) is 18.8 Å². The fourth-order valence-corrected chi connectivity index (χ4v) is 1.49. The molecule has 0 aliphatic carbocycles. The molecule has 1 unspecified atom stereocenters. The Morgan fingerprint density at radius 3 is 2.25 bits per heavy atom. The first-order chi connectivity index (χ1) is 9.22. The molecular weight excluding hydrogens is 289 g/mol. The maximum atomic E-state index is 11.1. The van der Waals surface area contributed by atoms with E-state index >= 15 is 0 Å². The molecule has 0 aliphatic heterocycles. The summed E-state index contributed by atoms with van der Waals surface area (Å²) in [5.74, 6) is 0. The summed E-state index contributed by atoms with van der Waals surface area (Å²) in [6.45, 7) is 2.85. The van der Waals surface area contributed by atoms with Crippen molar-refractivity contribution in [3.8, 4) is 0 Å². The van der Waals surface area contributed by atoms with Gasteiger partial charge in [0.05, 0.1) is 16.0 Å². The van der Waals surface area contributed by atoms with E-state index in [0.717, 1.165) is 0 Å². The molecule has 1 aromatic heterocycles. The van der Waals surface area contributed by atoms with Crippen molar-refractivity contribution >= 4 is 24.7 Å². The van der Waals surface area contributed by atoms with Crippen LogP contribution in [0.1, 0.15) is 5.56 Å². The second-order valence-electron chi connectivity index (χ2n) is 3.81. The average molecular weight is 300 g/mol. The number of fused-ring (bicyclic) bond motifs is 1. The minimum Gasteiger partial charge on any atom is -0.316 e. The third kappa shape index (κ3) is 3.81. The Bertz CT molecular complexity index is 790. The van der Waals surface area contributed by atoms with E-state index in [0.29, 0.717) is 11.1 Å². The SMILES string of the molecule is C[P+](=O)O.Cc1cc([N+](=O)[O-])cc2[nH]c(=O)c(=O)[nH]c12. The number of hydrogen-bond donors (Lipinski definition) is 3. The number of H-pyrrole nitrogens is 2. The van der Waals surface area contributed by atoms with Gasteiger partial charge < -0.3 is 9.97 Å². The summed E-state index contributed by atoms with van der Waals surface area (Å²) in [5, 5.41) is 10.6. The molecular formula is C10H11N3O6P+. The number of aryl methyl sites for hydroxylation is 1. The zero-order valence-corrected chi connectivity index (χ0v) is 11.4. The summed E-state index contributed by atoms with van der Waals surface area (Å²) in [7, 11) is -1.87. The first-order valence-electron chi connectivity index (χ1n) is 5.23. The van der Waals surface area contributed by atoms with Gasteiger partial charge in [-0.25, -0.2) is 0 Å². The summed E-state index contributed by atoms with van der Waals surface area (Å²) in [4.78, 5) is 44.4.